The summed E-state index contributed by atoms with van der Waals surface area (Å²) in [6.45, 7) is -1.10. The summed E-state index contributed by atoms with van der Waals surface area (Å²) in [4.78, 5) is 0. The van der Waals surface area contributed by atoms with E-state index < -0.39 is 23.3 Å². The second-order valence-electron chi connectivity index (χ2n) is 2.62. The fourth-order valence-electron chi connectivity index (χ4n) is 0.902. The maximum absolute atomic E-state index is 11.9. The van der Waals surface area contributed by atoms with Gasteiger partial charge in [-0.25, -0.2) is 0 Å². The Bertz CT molecular complexity index is 125. The Hall–Kier alpha value is -0.400. The molecule has 0 saturated carbocycles. The minimum Gasteiger partial charge on any atom is -0.396 e. The molecule has 0 amide bonds. The molecule has 0 heterocycles. The summed E-state index contributed by atoms with van der Waals surface area (Å²) in [6.07, 6.45) is 0.597. The molecule has 1 unspecified atom stereocenters. The van der Waals surface area contributed by atoms with Gasteiger partial charge in [0.15, 0.2) is 0 Å². The number of hydrogen-bond donors (Lipinski definition) is 1. The molecule has 0 fully saturated rings. The van der Waals surface area contributed by atoms with Crippen LogP contribution in [0.1, 0.15) is 19.3 Å². The van der Waals surface area contributed by atoms with Crippen molar-refractivity contribution >= 4 is 0 Å². The number of unbranched alkanes of at least 4 members (excludes halogenated alkanes) is 1. The van der Waals surface area contributed by atoms with Gasteiger partial charge in [-0.15, -0.1) is 17.9 Å². The Balaban J connectivity index is 3.67. The average molecular weight is 204 g/mol. The first-order valence-electron chi connectivity index (χ1n) is 3.88. The number of halogens is 4. The smallest absolute Gasteiger partial charge is 0.0911 e. The zero-order valence-electron chi connectivity index (χ0n) is 6.97. The summed E-state index contributed by atoms with van der Waals surface area (Å²) < 4.78 is 47.0. The zero-order valence-corrected chi connectivity index (χ0v) is 6.97. The van der Waals surface area contributed by atoms with Gasteiger partial charge in [-0.3, -0.25) is 0 Å². The Kier molecular flexibility index (Phi) is 6.83. The Morgan fingerprint density at radius 2 is 1.69 bits per heavy atom. The third kappa shape index (κ3) is 6.73. The van der Waals surface area contributed by atoms with Gasteiger partial charge in [0.05, 0.1) is 12.6 Å². The summed E-state index contributed by atoms with van der Waals surface area (Å²) in [5.74, 6) is 0. The van der Waals surface area contributed by atoms with E-state index in [1.807, 2.05) is 0 Å². The first-order valence-corrected chi connectivity index (χ1v) is 3.88. The van der Waals surface area contributed by atoms with E-state index in [0.29, 0.717) is 12.8 Å². The largest absolute Gasteiger partial charge is 0.396 e. The van der Waals surface area contributed by atoms with Crippen LogP contribution < -0.4 is 0 Å². The Morgan fingerprint density at radius 1 is 1.08 bits per heavy atom. The zero-order chi connectivity index (χ0) is 10.3. The molecule has 0 aliphatic heterocycles. The topological polar surface area (TPSA) is 26.7 Å². The normalized spacial score (nSPS) is 14.1. The van der Waals surface area contributed by atoms with E-state index >= 15 is 0 Å². The van der Waals surface area contributed by atoms with Crippen LogP contribution in [0.5, 0.6) is 0 Å². The molecule has 0 aromatic heterocycles. The number of nitrogens with zero attached hydrogens (tertiary/aromatic N) is 2. The molecule has 0 bridgehead atoms. The van der Waals surface area contributed by atoms with E-state index in [-0.39, 0.29) is 13.0 Å². The number of rotatable bonds is 7. The van der Waals surface area contributed by atoms with Crippen molar-refractivity contribution in [2.75, 3.05) is 13.2 Å². The highest BCUT2D eigenvalue weighted by Crippen LogP contribution is 2.12. The summed E-state index contributed by atoms with van der Waals surface area (Å²) >= 11 is 0. The second kappa shape index (κ2) is 7.05. The van der Waals surface area contributed by atoms with Gasteiger partial charge in [0, 0.05) is 17.3 Å². The number of aliphatic hydroxyl groups excluding tert-OH is 1. The fourth-order valence-corrected chi connectivity index (χ4v) is 0.902. The second-order valence-corrected chi connectivity index (χ2v) is 2.62. The summed E-state index contributed by atoms with van der Waals surface area (Å²) in [7, 11) is 0. The third-order valence-corrected chi connectivity index (χ3v) is 1.57. The highest BCUT2D eigenvalue weighted by Gasteiger charge is 2.21. The minimum atomic E-state index is -1.47. The molecular formula is C6H12F4N2O. The highest BCUT2D eigenvalue weighted by molar-refractivity contribution is 4.61. The number of aliphatic hydroxyl groups is 1. The molecule has 80 valence electrons. The molecule has 0 saturated heterocycles. The average Bonchev–Trinajstić information content (AvgIpc) is 2.02. The van der Waals surface area contributed by atoms with Gasteiger partial charge in [-0.2, -0.15) is 0 Å². The van der Waals surface area contributed by atoms with Gasteiger partial charge in [0.1, 0.15) is 0 Å². The lowest BCUT2D eigenvalue weighted by atomic mass is 10.1. The SMILES string of the molecule is OCCCCC(CN(F)F)N(F)F. The van der Waals surface area contributed by atoms with Crippen LogP contribution in [0.15, 0.2) is 0 Å². The molecule has 1 N–H and O–H groups in total. The molecule has 3 nitrogen and oxygen atoms in total. The van der Waals surface area contributed by atoms with Gasteiger partial charge in [0.25, 0.3) is 0 Å². The molecule has 7 heteroatoms. The van der Waals surface area contributed by atoms with Crippen LogP contribution in [0.3, 0.4) is 0 Å². The van der Waals surface area contributed by atoms with Crippen molar-refractivity contribution < 1.29 is 23.0 Å². The van der Waals surface area contributed by atoms with Crippen molar-refractivity contribution in [1.82, 2.24) is 10.7 Å². The maximum atomic E-state index is 11.9. The van der Waals surface area contributed by atoms with E-state index in [0.717, 1.165) is 0 Å². The summed E-state index contributed by atoms with van der Waals surface area (Å²) in [5, 5.41) is 5.85. The highest BCUT2D eigenvalue weighted by atomic mass is 19.4. The molecule has 0 aliphatic rings. The third-order valence-electron chi connectivity index (χ3n) is 1.57. The van der Waals surface area contributed by atoms with Crippen LogP contribution in [0, 0.1) is 0 Å². The first kappa shape index (κ1) is 12.6. The first-order chi connectivity index (χ1) is 6.07. The Labute approximate surface area is 73.3 Å². The summed E-state index contributed by atoms with van der Waals surface area (Å²) in [6, 6.07) is -1.47. The predicted octanol–water partition coefficient (Wildman–Crippen LogP) is 1.66. The van der Waals surface area contributed by atoms with Gasteiger partial charge in [0.2, 0.25) is 0 Å². The van der Waals surface area contributed by atoms with Crippen molar-refractivity contribution in [1.29, 1.82) is 0 Å². The number of hydrogen-bond acceptors (Lipinski definition) is 3. The van der Waals surface area contributed by atoms with Crippen LogP contribution >= 0.6 is 0 Å². The monoisotopic (exact) mass is 204 g/mol. The fraction of sp³-hybridized carbons (Fsp3) is 1.00. The summed E-state index contributed by atoms with van der Waals surface area (Å²) in [5.41, 5.74) is 0. The molecule has 0 aromatic rings. The molecule has 0 aliphatic carbocycles. The standard InChI is InChI=1S/C6H12F4N2O/c7-11(8)5-6(12(9)10)3-1-2-4-13/h6,13H,1-5H2. The van der Waals surface area contributed by atoms with E-state index in [1.165, 1.54) is 0 Å². The van der Waals surface area contributed by atoms with Crippen molar-refractivity contribution in [3.8, 4) is 0 Å². The van der Waals surface area contributed by atoms with Gasteiger partial charge < -0.3 is 5.11 Å². The van der Waals surface area contributed by atoms with Gasteiger partial charge >= 0.3 is 0 Å². The minimum absolute atomic E-state index is 0.0576. The maximum Gasteiger partial charge on any atom is 0.0911 e. The molecule has 13 heavy (non-hydrogen) atoms. The molecular weight excluding hydrogens is 192 g/mol. The van der Waals surface area contributed by atoms with Crippen LogP contribution in [0.2, 0.25) is 0 Å². The van der Waals surface area contributed by atoms with E-state index in [1.54, 1.807) is 0 Å². The van der Waals surface area contributed by atoms with Crippen molar-refractivity contribution in [3.05, 3.63) is 0 Å². The van der Waals surface area contributed by atoms with Crippen molar-refractivity contribution in [3.63, 3.8) is 0 Å². The molecule has 0 rings (SSSR count). The van der Waals surface area contributed by atoms with Gasteiger partial charge in [-0.05, 0) is 19.3 Å². The van der Waals surface area contributed by atoms with Crippen LogP contribution in [0.25, 0.3) is 0 Å². The molecule has 1 atom stereocenters. The van der Waals surface area contributed by atoms with Crippen LogP contribution in [-0.4, -0.2) is 35.0 Å². The molecule has 0 spiro atoms. The predicted molar refractivity (Wildman–Crippen MR) is 37.7 cm³/mol. The van der Waals surface area contributed by atoms with Crippen molar-refractivity contribution in [2.24, 2.45) is 0 Å². The quantitative estimate of drug-likeness (QED) is 0.388. The van der Waals surface area contributed by atoms with Crippen LogP contribution in [-0.2, 0) is 0 Å². The lowest BCUT2D eigenvalue weighted by Crippen LogP contribution is -2.30. The van der Waals surface area contributed by atoms with E-state index in [4.69, 9.17) is 5.11 Å². The molecule has 0 radical (unpaired) electrons. The van der Waals surface area contributed by atoms with Crippen LogP contribution in [0.4, 0.5) is 17.9 Å². The lowest BCUT2D eigenvalue weighted by Gasteiger charge is -2.15. The van der Waals surface area contributed by atoms with E-state index in [2.05, 4.69) is 0 Å². The molecule has 0 aromatic carbocycles. The lowest BCUT2D eigenvalue weighted by molar-refractivity contribution is -0.231. The van der Waals surface area contributed by atoms with Crippen molar-refractivity contribution in [2.45, 2.75) is 25.3 Å². The van der Waals surface area contributed by atoms with Gasteiger partial charge in [-0.1, -0.05) is 0 Å². The Morgan fingerprint density at radius 3 is 2.08 bits per heavy atom. The van der Waals surface area contributed by atoms with E-state index in [9.17, 15) is 17.9 Å².